The van der Waals surface area contributed by atoms with Gasteiger partial charge in [-0.2, -0.15) is 0 Å². The maximum Gasteiger partial charge on any atom is 0.332 e. The summed E-state index contributed by atoms with van der Waals surface area (Å²) < 4.78 is 1.98. The maximum absolute atomic E-state index is 12.8. The van der Waals surface area contributed by atoms with Crippen LogP contribution in [0.1, 0.15) is 5.82 Å². The molecule has 1 aromatic heterocycles. The standard InChI is InChI=1S/C17H19N5O2/c1-19-8-7-18-15(19)12-20-9-10-21-14(11-20)16(23)22(17(21)24)13-5-3-2-4-6-13/h2-8,14H,9-12H2,1H3. The summed E-state index contributed by atoms with van der Waals surface area (Å²) in [5.41, 5.74) is 0.637. The highest BCUT2D eigenvalue weighted by atomic mass is 16.2. The number of para-hydroxylation sites is 1. The number of rotatable bonds is 3. The molecule has 4 rings (SSSR count). The fourth-order valence-electron chi connectivity index (χ4n) is 3.36. The number of anilines is 1. The number of aryl methyl sites for hydroxylation is 1. The molecule has 0 saturated carbocycles. The van der Waals surface area contributed by atoms with E-state index >= 15 is 0 Å². The lowest BCUT2D eigenvalue weighted by molar-refractivity contribution is -0.121. The predicted octanol–water partition coefficient (Wildman–Crippen LogP) is 1.07. The molecule has 0 aliphatic carbocycles. The topological polar surface area (TPSA) is 61.7 Å². The van der Waals surface area contributed by atoms with Crippen LogP contribution in [0.4, 0.5) is 10.5 Å². The first kappa shape index (κ1) is 14.9. The van der Waals surface area contributed by atoms with E-state index in [2.05, 4.69) is 9.88 Å². The maximum atomic E-state index is 12.8. The second-order valence-corrected chi connectivity index (χ2v) is 6.19. The Bertz CT molecular complexity index is 772. The lowest BCUT2D eigenvalue weighted by Gasteiger charge is -2.34. The molecule has 24 heavy (non-hydrogen) atoms. The first-order valence-corrected chi connectivity index (χ1v) is 8.03. The second kappa shape index (κ2) is 5.76. The highest BCUT2D eigenvalue weighted by Gasteiger charge is 2.48. The van der Waals surface area contributed by atoms with E-state index in [-0.39, 0.29) is 11.9 Å². The minimum atomic E-state index is -0.410. The third-order valence-electron chi connectivity index (χ3n) is 4.71. The van der Waals surface area contributed by atoms with E-state index in [0.717, 1.165) is 12.4 Å². The molecule has 2 saturated heterocycles. The van der Waals surface area contributed by atoms with Gasteiger partial charge in [0.25, 0.3) is 5.91 Å². The molecular formula is C17H19N5O2. The Morgan fingerprint density at radius 3 is 2.67 bits per heavy atom. The Kier molecular flexibility index (Phi) is 3.57. The monoisotopic (exact) mass is 325 g/mol. The number of fused-ring (bicyclic) bond motifs is 1. The number of piperazine rings is 1. The van der Waals surface area contributed by atoms with Crippen molar-refractivity contribution in [3.8, 4) is 0 Å². The molecule has 7 heteroatoms. The Balaban J connectivity index is 1.53. The number of hydrogen-bond acceptors (Lipinski definition) is 4. The molecule has 0 spiro atoms. The number of amides is 3. The van der Waals surface area contributed by atoms with Gasteiger partial charge in [0.15, 0.2) is 0 Å². The summed E-state index contributed by atoms with van der Waals surface area (Å²) >= 11 is 0. The molecule has 2 aliphatic heterocycles. The van der Waals surface area contributed by atoms with Crippen molar-refractivity contribution in [3.05, 3.63) is 48.5 Å². The number of nitrogens with zero attached hydrogens (tertiary/aromatic N) is 5. The van der Waals surface area contributed by atoms with Crippen molar-refractivity contribution in [3.63, 3.8) is 0 Å². The SMILES string of the molecule is Cn1ccnc1CN1CCN2C(=O)N(c3ccccc3)C(=O)C2C1. The fourth-order valence-corrected chi connectivity index (χ4v) is 3.36. The Hall–Kier alpha value is -2.67. The van der Waals surface area contributed by atoms with Gasteiger partial charge in [-0.1, -0.05) is 18.2 Å². The molecule has 2 aliphatic rings. The van der Waals surface area contributed by atoms with Crippen molar-refractivity contribution in [2.45, 2.75) is 12.6 Å². The van der Waals surface area contributed by atoms with Crippen LogP contribution < -0.4 is 4.90 Å². The molecule has 3 heterocycles. The predicted molar refractivity (Wildman–Crippen MR) is 88.3 cm³/mol. The smallest absolute Gasteiger partial charge is 0.332 e. The Labute approximate surface area is 140 Å². The van der Waals surface area contributed by atoms with E-state index in [9.17, 15) is 9.59 Å². The number of imide groups is 1. The summed E-state index contributed by atoms with van der Waals surface area (Å²) in [6, 6.07) is 8.50. The van der Waals surface area contributed by atoms with Crippen LogP contribution in [0.25, 0.3) is 0 Å². The number of hydrogen-bond donors (Lipinski definition) is 0. The molecule has 2 fully saturated rings. The average molecular weight is 325 g/mol. The van der Waals surface area contributed by atoms with Crippen LogP contribution in [0, 0.1) is 0 Å². The zero-order valence-corrected chi connectivity index (χ0v) is 13.5. The summed E-state index contributed by atoms with van der Waals surface area (Å²) in [7, 11) is 1.96. The molecule has 2 aromatic rings. The molecule has 1 unspecified atom stereocenters. The molecule has 1 aromatic carbocycles. The summed E-state index contributed by atoms with van der Waals surface area (Å²) in [6.45, 7) is 2.52. The number of urea groups is 1. The van der Waals surface area contributed by atoms with Crippen LogP contribution in [0.5, 0.6) is 0 Å². The number of carbonyl (C=O) groups excluding carboxylic acids is 2. The Morgan fingerprint density at radius 2 is 1.96 bits per heavy atom. The highest BCUT2D eigenvalue weighted by molar-refractivity contribution is 6.21. The van der Waals surface area contributed by atoms with Crippen molar-refractivity contribution in [1.29, 1.82) is 0 Å². The first-order chi connectivity index (χ1) is 11.6. The number of benzene rings is 1. The van der Waals surface area contributed by atoms with Gasteiger partial charge in [0, 0.05) is 39.1 Å². The zero-order valence-electron chi connectivity index (χ0n) is 13.5. The van der Waals surface area contributed by atoms with Gasteiger partial charge < -0.3 is 9.47 Å². The van der Waals surface area contributed by atoms with Crippen molar-refractivity contribution in [1.82, 2.24) is 19.4 Å². The molecule has 1 atom stereocenters. The minimum absolute atomic E-state index is 0.143. The summed E-state index contributed by atoms with van der Waals surface area (Å²) in [5, 5.41) is 0. The van der Waals surface area contributed by atoms with Crippen molar-refractivity contribution in [2.75, 3.05) is 24.5 Å². The van der Waals surface area contributed by atoms with Crippen LogP contribution in [0.2, 0.25) is 0 Å². The van der Waals surface area contributed by atoms with E-state index in [1.807, 2.05) is 36.0 Å². The van der Waals surface area contributed by atoms with Crippen LogP contribution in [-0.2, 0) is 18.4 Å². The fraction of sp³-hybridized carbons (Fsp3) is 0.353. The van der Waals surface area contributed by atoms with Crippen LogP contribution in [0.3, 0.4) is 0 Å². The largest absolute Gasteiger partial charge is 0.337 e. The minimum Gasteiger partial charge on any atom is -0.337 e. The van der Waals surface area contributed by atoms with Crippen molar-refractivity contribution < 1.29 is 9.59 Å². The van der Waals surface area contributed by atoms with Crippen LogP contribution in [0.15, 0.2) is 42.7 Å². The quantitative estimate of drug-likeness (QED) is 0.792. The normalized spacial score (nSPS) is 21.5. The van der Waals surface area contributed by atoms with Crippen LogP contribution >= 0.6 is 0 Å². The highest BCUT2D eigenvalue weighted by Crippen LogP contribution is 2.27. The van der Waals surface area contributed by atoms with Crippen LogP contribution in [-0.4, -0.2) is 57.0 Å². The molecule has 0 N–H and O–H groups in total. The van der Waals surface area contributed by atoms with Crippen molar-refractivity contribution >= 4 is 17.6 Å². The number of carbonyl (C=O) groups is 2. The van der Waals surface area contributed by atoms with E-state index in [4.69, 9.17) is 0 Å². The van der Waals surface area contributed by atoms with Gasteiger partial charge in [-0.15, -0.1) is 0 Å². The molecule has 0 radical (unpaired) electrons. The molecular weight excluding hydrogens is 306 g/mol. The van der Waals surface area contributed by atoms with Gasteiger partial charge in [-0.3, -0.25) is 9.69 Å². The number of imidazole rings is 1. The summed E-state index contributed by atoms with van der Waals surface area (Å²) in [5.74, 6) is 0.816. The van der Waals surface area contributed by atoms with Crippen molar-refractivity contribution in [2.24, 2.45) is 7.05 Å². The Morgan fingerprint density at radius 1 is 1.17 bits per heavy atom. The van der Waals surface area contributed by atoms with E-state index in [0.29, 0.717) is 25.3 Å². The summed E-state index contributed by atoms with van der Waals surface area (Å²) in [6.07, 6.45) is 3.68. The van der Waals surface area contributed by atoms with Gasteiger partial charge in [-0.05, 0) is 12.1 Å². The van der Waals surface area contributed by atoms with Gasteiger partial charge >= 0.3 is 6.03 Å². The van der Waals surface area contributed by atoms with E-state index < -0.39 is 6.04 Å². The zero-order chi connectivity index (χ0) is 16.7. The lowest BCUT2D eigenvalue weighted by atomic mass is 10.2. The van der Waals surface area contributed by atoms with Gasteiger partial charge in [0.05, 0.1) is 12.2 Å². The molecule has 3 amide bonds. The molecule has 7 nitrogen and oxygen atoms in total. The number of aromatic nitrogens is 2. The second-order valence-electron chi connectivity index (χ2n) is 6.19. The molecule has 124 valence electrons. The first-order valence-electron chi connectivity index (χ1n) is 8.03. The van der Waals surface area contributed by atoms with Gasteiger partial charge in [-0.25, -0.2) is 14.7 Å². The van der Waals surface area contributed by atoms with Gasteiger partial charge in [0.1, 0.15) is 11.9 Å². The lowest BCUT2D eigenvalue weighted by Crippen LogP contribution is -2.52. The molecule has 0 bridgehead atoms. The van der Waals surface area contributed by atoms with Gasteiger partial charge in [0.2, 0.25) is 0 Å². The van der Waals surface area contributed by atoms with E-state index in [1.165, 1.54) is 4.90 Å². The third kappa shape index (κ3) is 2.37. The summed E-state index contributed by atoms with van der Waals surface area (Å²) in [4.78, 5) is 34.9. The van der Waals surface area contributed by atoms with E-state index in [1.54, 1.807) is 23.2 Å². The average Bonchev–Trinajstić information content (AvgIpc) is 3.10. The third-order valence-corrected chi connectivity index (χ3v) is 4.71.